The summed E-state index contributed by atoms with van der Waals surface area (Å²) in [7, 11) is 3.54. The number of carbonyl (C=O) groups is 1. The maximum atomic E-state index is 11.9. The van der Waals surface area contributed by atoms with E-state index < -0.39 is 0 Å². The van der Waals surface area contributed by atoms with Crippen LogP contribution in [0.2, 0.25) is 5.02 Å². The summed E-state index contributed by atoms with van der Waals surface area (Å²) in [5.41, 5.74) is 1.20. The van der Waals surface area contributed by atoms with Gasteiger partial charge in [0.1, 0.15) is 5.75 Å². The van der Waals surface area contributed by atoms with Gasteiger partial charge in [0.25, 0.3) is 0 Å². The van der Waals surface area contributed by atoms with Gasteiger partial charge in [0.05, 0.1) is 13.7 Å². The fourth-order valence-corrected chi connectivity index (χ4v) is 2.29. The highest BCUT2D eigenvalue weighted by Gasteiger charge is 2.13. The second-order valence-corrected chi connectivity index (χ2v) is 7.23. The van der Waals surface area contributed by atoms with E-state index in [9.17, 15) is 4.79 Å². The minimum absolute atomic E-state index is 0.0349. The average Bonchev–Trinajstić information content (AvgIpc) is 2.37. The molecule has 1 rings (SSSR count). The normalized spacial score (nSPS) is 11.6. The van der Waals surface area contributed by atoms with E-state index >= 15 is 0 Å². The van der Waals surface area contributed by atoms with Gasteiger partial charge in [-0.2, -0.15) is 0 Å². The van der Waals surface area contributed by atoms with Gasteiger partial charge in [0.2, 0.25) is 5.91 Å². The van der Waals surface area contributed by atoms with Crippen LogP contribution in [0, 0.1) is 5.41 Å². The molecule has 0 unspecified atom stereocenters. The molecule has 5 heteroatoms. The number of amides is 1. The smallest absolute Gasteiger partial charge is 0.234 e. The third kappa shape index (κ3) is 7.14. The van der Waals surface area contributed by atoms with Crippen molar-refractivity contribution in [3.05, 3.63) is 28.8 Å². The Kier molecular flexibility index (Phi) is 7.17. The van der Waals surface area contributed by atoms with Crippen molar-refractivity contribution in [2.75, 3.05) is 27.2 Å². The second-order valence-electron chi connectivity index (χ2n) is 6.79. The van der Waals surface area contributed by atoms with Gasteiger partial charge in [-0.3, -0.25) is 9.69 Å². The molecule has 1 N–H and O–H groups in total. The lowest BCUT2D eigenvalue weighted by Crippen LogP contribution is -2.36. The van der Waals surface area contributed by atoms with Crippen LogP contribution in [0.15, 0.2) is 18.2 Å². The maximum absolute atomic E-state index is 11.9. The van der Waals surface area contributed by atoms with Crippen molar-refractivity contribution in [2.24, 2.45) is 5.41 Å². The first kappa shape index (κ1) is 18.8. The second kappa shape index (κ2) is 8.39. The van der Waals surface area contributed by atoms with E-state index in [4.69, 9.17) is 16.3 Å². The summed E-state index contributed by atoms with van der Waals surface area (Å²) in [4.78, 5) is 13.9. The lowest BCUT2D eigenvalue weighted by atomic mass is 9.92. The Labute approximate surface area is 138 Å². The molecule has 1 aromatic rings. The van der Waals surface area contributed by atoms with Gasteiger partial charge in [0.15, 0.2) is 0 Å². The fourth-order valence-electron chi connectivity index (χ4n) is 2.10. The molecule has 0 heterocycles. The first-order valence-electron chi connectivity index (χ1n) is 7.49. The Balaban J connectivity index is 2.47. The molecule has 0 fully saturated rings. The summed E-state index contributed by atoms with van der Waals surface area (Å²) in [6.45, 7) is 8.15. The van der Waals surface area contributed by atoms with Crippen LogP contribution in [0.3, 0.4) is 0 Å². The van der Waals surface area contributed by atoms with Crippen molar-refractivity contribution < 1.29 is 9.53 Å². The van der Waals surface area contributed by atoms with Crippen molar-refractivity contribution in [1.82, 2.24) is 10.2 Å². The maximum Gasteiger partial charge on any atom is 0.234 e. The number of methoxy groups -OCH3 is 1. The molecule has 0 aromatic heterocycles. The van der Waals surface area contributed by atoms with E-state index in [1.54, 1.807) is 13.2 Å². The lowest BCUT2D eigenvalue weighted by molar-refractivity contribution is -0.122. The Bertz CT molecular complexity index is 498. The van der Waals surface area contributed by atoms with E-state index in [1.807, 2.05) is 24.1 Å². The summed E-state index contributed by atoms with van der Waals surface area (Å²) in [6.07, 6.45) is 0.963. The summed E-state index contributed by atoms with van der Waals surface area (Å²) in [6, 6.07) is 5.51. The van der Waals surface area contributed by atoms with Crippen LogP contribution in [-0.2, 0) is 11.3 Å². The molecule has 0 spiro atoms. The van der Waals surface area contributed by atoms with Crippen LogP contribution >= 0.6 is 11.6 Å². The first-order valence-corrected chi connectivity index (χ1v) is 7.87. The summed E-state index contributed by atoms with van der Waals surface area (Å²) >= 11 is 6.02. The highest BCUT2D eigenvalue weighted by atomic mass is 35.5. The van der Waals surface area contributed by atoms with Crippen molar-refractivity contribution >= 4 is 17.5 Å². The van der Waals surface area contributed by atoms with Crippen molar-refractivity contribution in [3.8, 4) is 5.75 Å². The zero-order chi connectivity index (χ0) is 16.8. The zero-order valence-corrected chi connectivity index (χ0v) is 15.0. The van der Waals surface area contributed by atoms with Gasteiger partial charge in [-0.05, 0) is 37.1 Å². The van der Waals surface area contributed by atoms with Crippen molar-refractivity contribution in [1.29, 1.82) is 0 Å². The fraction of sp³-hybridized carbons (Fsp3) is 0.588. The minimum atomic E-state index is 0.0349. The van der Waals surface area contributed by atoms with E-state index in [-0.39, 0.29) is 11.3 Å². The molecule has 0 saturated carbocycles. The summed E-state index contributed by atoms with van der Waals surface area (Å²) < 4.78 is 5.32. The topological polar surface area (TPSA) is 41.6 Å². The molecule has 124 valence electrons. The van der Waals surface area contributed by atoms with Gasteiger partial charge in [-0.25, -0.2) is 0 Å². The molecule has 0 aliphatic carbocycles. The third-order valence-corrected chi connectivity index (χ3v) is 3.53. The Hall–Kier alpha value is -1.26. The number of halogens is 1. The first-order chi connectivity index (χ1) is 10.2. The molecule has 0 saturated heterocycles. The number of likely N-dealkylation sites (N-methyl/N-ethyl adjacent to an activating group) is 1. The predicted octanol–water partition coefficient (Wildman–Crippen LogP) is 3.33. The van der Waals surface area contributed by atoms with Crippen molar-refractivity contribution in [3.63, 3.8) is 0 Å². The van der Waals surface area contributed by atoms with Crippen LogP contribution in [0.5, 0.6) is 5.75 Å². The number of hydrogen-bond acceptors (Lipinski definition) is 3. The summed E-state index contributed by atoms with van der Waals surface area (Å²) in [5.74, 6) is 0.817. The van der Waals surface area contributed by atoms with Crippen LogP contribution < -0.4 is 10.1 Å². The van der Waals surface area contributed by atoms with Gasteiger partial charge in [0, 0.05) is 23.7 Å². The SMILES string of the molecule is COc1ccc(Cl)cc1CN(C)CC(=O)NCCC(C)(C)C. The third-order valence-electron chi connectivity index (χ3n) is 3.29. The number of ether oxygens (including phenoxy) is 1. The number of hydrogen-bond donors (Lipinski definition) is 1. The Morgan fingerprint density at radius 3 is 2.64 bits per heavy atom. The number of nitrogens with one attached hydrogen (secondary N) is 1. The van der Waals surface area contributed by atoms with E-state index in [0.717, 1.165) is 17.7 Å². The summed E-state index contributed by atoms with van der Waals surface area (Å²) in [5, 5.41) is 3.62. The monoisotopic (exact) mass is 326 g/mol. The van der Waals surface area contributed by atoms with E-state index in [2.05, 4.69) is 26.1 Å². The molecular weight excluding hydrogens is 300 g/mol. The zero-order valence-electron chi connectivity index (χ0n) is 14.2. The van der Waals surface area contributed by atoms with Crippen LogP contribution in [-0.4, -0.2) is 38.1 Å². The molecular formula is C17H27ClN2O2. The standard InChI is InChI=1S/C17H27ClN2O2/c1-17(2,3)8-9-19-16(21)12-20(4)11-13-10-14(18)6-7-15(13)22-5/h6-7,10H,8-9,11-12H2,1-5H3,(H,19,21). The Morgan fingerprint density at radius 2 is 2.05 bits per heavy atom. The minimum Gasteiger partial charge on any atom is -0.496 e. The molecule has 0 bridgehead atoms. The number of benzene rings is 1. The molecule has 0 aliphatic heterocycles. The number of rotatable bonds is 7. The average molecular weight is 327 g/mol. The largest absolute Gasteiger partial charge is 0.496 e. The van der Waals surface area contributed by atoms with E-state index in [1.165, 1.54) is 0 Å². The van der Waals surface area contributed by atoms with Gasteiger partial charge < -0.3 is 10.1 Å². The molecule has 1 aromatic carbocycles. The van der Waals surface area contributed by atoms with Crippen LogP contribution in [0.25, 0.3) is 0 Å². The van der Waals surface area contributed by atoms with Gasteiger partial charge in [-0.1, -0.05) is 32.4 Å². The van der Waals surface area contributed by atoms with Crippen molar-refractivity contribution in [2.45, 2.75) is 33.7 Å². The Morgan fingerprint density at radius 1 is 1.36 bits per heavy atom. The molecule has 0 atom stereocenters. The molecule has 22 heavy (non-hydrogen) atoms. The van der Waals surface area contributed by atoms with Gasteiger partial charge >= 0.3 is 0 Å². The van der Waals surface area contributed by atoms with Crippen LogP contribution in [0.1, 0.15) is 32.8 Å². The highest BCUT2D eigenvalue weighted by molar-refractivity contribution is 6.30. The van der Waals surface area contributed by atoms with E-state index in [0.29, 0.717) is 24.7 Å². The lowest BCUT2D eigenvalue weighted by Gasteiger charge is -2.20. The number of carbonyl (C=O) groups excluding carboxylic acids is 1. The highest BCUT2D eigenvalue weighted by Crippen LogP contribution is 2.23. The number of nitrogens with zero attached hydrogens (tertiary/aromatic N) is 1. The molecule has 4 nitrogen and oxygen atoms in total. The molecule has 1 amide bonds. The van der Waals surface area contributed by atoms with Gasteiger partial charge in [-0.15, -0.1) is 0 Å². The quantitative estimate of drug-likeness (QED) is 0.835. The molecule has 0 aliphatic rings. The molecule has 0 radical (unpaired) electrons. The van der Waals surface area contributed by atoms with Crippen LogP contribution in [0.4, 0.5) is 0 Å². The predicted molar refractivity (Wildman–Crippen MR) is 91.4 cm³/mol.